The Balaban J connectivity index is 1.47. The Morgan fingerprint density at radius 2 is 1.97 bits per heavy atom. The van der Waals surface area contributed by atoms with Crippen LogP contribution in [-0.2, 0) is 17.8 Å². The molecule has 11 heteroatoms. The number of rotatable bonds is 7. The second kappa shape index (κ2) is 10.2. The van der Waals surface area contributed by atoms with Crippen LogP contribution in [0.15, 0.2) is 23.1 Å². The summed E-state index contributed by atoms with van der Waals surface area (Å²) < 4.78 is 42.6. The highest BCUT2D eigenvalue weighted by molar-refractivity contribution is 5.81. The van der Waals surface area contributed by atoms with E-state index in [1.165, 1.54) is 10.8 Å². The van der Waals surface area contributed by atoms with Crippen molar-refractivity contribution >= 4 is 17.5 Å². The van der Waals surface area contributed by atoms with Crippen molar-refractivity contribution in [3.63, 3.8) is 0 Å². The van der Waals surface area contributed by atoms with Crippen molar-refractivity contribution in [1.82, 2.24) is 19.9 Å². The number of halogens is 3. The third kappa shape index (κ3) is 5.59. The van der Waals surface area contributed by atoms with E-state index in [0.29, 0.717) is 42.9 Å². The van der Waals surface area contributed by atoms with Gasteiger partial charge in [-0.2, -0.15) is 13.2 Å². The zero-order valence-electron chi connectivity index (χ0n) is 19.7. The molecular formula is C24H31F3N6O2. The number of hydrogen-bond acceptors (Lipinski definition) is 6. The van der Waals surface area contributed by atoms with Crippen molar-refractivity contribution in [3.05, 3.63) is 45.6 Å². The average Bonchev–Trinajstić information content (AvgIpc) is 3.25. The first kappa shape index (κ1) is 25.0. The first-order valence-electron chi connectivity index (χ1n) is 12.1. The molecule has 2 aromatic heterocycles. The fourth-order valence-corrected chi connectivity index (χ4v) is 5.20. The van der Waals surface area contributed by atoms with Gasteiger partial charge in [-0.15, -0.1) is 0 Å². The molecule has 2 aliphatic rings. The summed E-state index contributed by atoms with van der Waals surface area (Å²) in [7, 11) is 0. The molecule has 1 fully saturated rings. The van der Waals surface area contributed by atoms with E-state index in [1.54, 1.807) is 19.1 Å². The molecule has 0 bridgehead atoms. The number of carbonyl (C=O) groups is 1. The van der Waals surface area contributed by atoms with Crippen LogP contribution in [0.2, 0.25) is 0 Å². The van der Waals surface area contributed by atoms with Crippen molar-refractivity contribution in [1.29, 1.82) is 0 Å². The summed E-state index contributed by atoms with van der Waals surface area (Å²) in [4.78, 5) is 34.3. The van der Waals surface area contributed by atoms with Crippen molar-refractivity contribution in [2.24, 2.45) is 11.8 Å². The summed E-state index contributed by atoms with van der Waals surface area (Å²) in [5.74, 6) is -2.11. The number of fused-ring (bicyclic) bond motifs is 1. The van der Waals surface area contributed by atoms with E-state index in [0.717, 1.165) is 24.8 Å². The third-order valence-electron chi connectivity index (χ3n) is 7.16. The van der Waals surface area contributed by atoms with Gasteiger partial charge >= 0.3 is 6.18 Å². The Kier molecular flexibility index (Phi) is 7.32. The fourth-order valence-electron chi connectivity index (χ4n) is 5.20. The molecule has 0 unspecified atom stereocenters. The van der Waals surface area contributed by atoms with E-state index in [4.69, 9.17) is 5.73 Å². The van der Waals surface area contributed by atoms with Crippen LogP contribution in [0.25, 0.3) is 0 Å². The molecule has 1 amide bonds. The largest absolute Gasteiger partial charge is 0.393 e. The monoisotopic (exact) mass is 492 g/mol. The molecule has 0 radical (unpaired) electrons. The highest BCUT2D eigenvalue weighted by Crippen LogP contribution is 2.39. The SMILES string of the molecule is Cc1nc(N)ccc1CNC(=O)[C@@H]1CCc2cnc(NC[C@H](C3CCCCC3)C(F)(F)F)c(=O)n21. The molecule has 0 saturated heterocycles. The highest BCUT2D eigenvalue weighted by atomic mass is 19.4. The van der Waals surface area contributed by atoms with Crippen LogP contribution in [-0.4, -0.2) is 33.2 Å². The van der Waals surface area contributed by atoms with Crippen molar-refractivity contribution in [3.8, 4) is 0 Å². The number of nitrogens with one attached hydrogen (secondary N) is 2. The Labute approximate surface area is 201 Å². The lowest BCUT2D eigenvalue weighted by molar-refractivity contribution is -0.187. The number of hydrogen-bond donors (Lipinski definition) is 3. The zero-order valence-corrected chi connectivity index (χ0v) is 19.7. The Morgan fingerprint density at radius 1 is 1.23 bits per heavy atom. The van der Waals surface area contributed by atoms with Gasteiger partial charge in [-0.05, 0) is 50.2 Å². The van der Waals surface area contributed by atoms with Crippen LogP contribution in [0, 0.1) is 18.8 Å². The van der Waals surface area contributed by atoms with Gasteiger partial charge in [-0.25, -0.2) is 9.97 Å². The second-order valence-electron chi connectivity index (χ2n) is 9.45. The standard InChI is InChI=1S/C24H31F3N6O2/c1-14-16(7-10-20(28)32-14)11-31-22(34)19-9-8-17-12-29-21(23(35)33(17)19)30-13-18(24(25,26)27)15-5-3-2-4-6-15/h7,10,12,15,18-19H,2-6,8-9,11,13H2,1H3,(H2,28,32)(H,29,30)(H,31,34)/t18-,19+/m1/s1. The van der Waals surface area contributed by atoms with Gasteiger partial charge in [0.2, 0.25) is 5.91 Å². The lowest BCUT2D eigenvalue weighted by atomic mass is 9.79. The van der Waals surface area contributed by atoms with E-state index in [9.17, 15) is 22.8 Å². The minimum atomic E-state index is -4.36. The van der Waals surface area contributed by atoms with Gasteiger partial charge in [0, 0.05) is 30.7 Å². The molecule has 2 atom stereocenters. The van der Waals surface area contributed by atoms with E-state index in [2.05, 4.69) is 20.6 Å². The number of nitrogens with zero attached hydrogens (tertiary/aromatic N) is 3. The topological polar surface area (TPSA) is 115 Å². The number of nitrogen functional groups attached to an aromatic ring is 1. The van der Waals surface area contributed by atoms with Gasteiger partial charge in [0.25, 0.3) is 5.56 Å². The number of nitrogens with two attached hydrogens (primary N) is 1. The van der Waals surface area contributed by atoms with Gasteiger partial charge in [0.1, 0.15) is 11.9 Å². The quantitative estimate of drug-likeness (QED) is 0.545. The lowest BCUT2D eigenvalue weighted by Crippen LogP contribution is -2.39. The van der Waals surface area contributed by atoms with Gasteiger partial charge in [0.05, 0.1) is 5.92 Å². The second-order valence-corrected chi connectivity index (χ2v) is 9.45. The Bertz CT molecular complexity index is 1130. The van der Waals surface area contributed by atoms with Gasteiger partial charge < -0.3 is 16.4 Å². The molecule has 4 rings (SSSR count). The van der Waals surface area contributed by atoms with Crippen LogP contribution in [0.4, 0.5) is 24.8 Å². The lowest BCUT2D eigenvalue weighted by Gasteiger charge is -2.32. The molecule has 35 heavy (non-hydrogen) atoms. The number of alkyl halides is 3. The van der Waals surface area contributed by atoms with Crippen LogP contribution in [0.5, 0.6) is 0 Å². The Morgan fingerprint density at radius 3 is 2.66 bits per heavy atom. The minimum Gasteiger partial charge on any atom is -0.384 e. The number of carbonyl (C=O) groups excluding carboxylic acids is 1. The number of aromatic nitrogens is 3. The molecule has 1 aliphatic heterocycles. The van der Waals surface area contributed by atoms with Gasteiger partial charge in [-0.3, -0.25) is 14.2 Å². The molecule has 8 nitrogen and oxygen atoms in total. The normalized spacial score (nSPS) is 19.3. The summed E-state index contributed by atoms with van der Waals surface area (Å²) >= 11 is 0. The number of amides is 1. The predicted molar refractivity (Wildman–Crippen MR) is 126 cm³/mol. The van der Waals surface area contributed by atoms with Gasteiger partial charge in [0.15, 0.2) is 5.82 Å². The number of aryl methyl sites for hydroxylation is 2. The predicted octanol–water partition coefficient (Wildman–Crippen LogP) is 3.50. The van der Waals surface area contributed by atoms with Crippen LogP contribution in [0.3, 0.4) is 0 Å². The Hall–Kier alpha value is -3.11. The van der Waals surface area contributed by atoms with E-state index in [-0.39, 0.29) is 18.3 Å². The fraction of sp³-hybridized carbons (Fsp3) is 0.583. The minimum absolute atomic E-state index is 0.155. The van der Waals surface area contributed by atoms with Crippen molar-refractivity contribution < 1.29 is 18.0 Å². The smallest absolute Gasteiger partial charge is 0.384 e. The van der Waals surface area contributed by atoms with Gasteiger partial charge in [-0.1, -0.05) is 25.3 Å². The van der Waals surface area contributed by atoms with Crippen LogP contribution < -0.4 is 21.9 Å². The van der Waals surface area contributed by atoms with E-state index in [1.807, 2.05) is 0 Å². The molecule has 0 aromatic carbocycles. The first-order valence-corrected chi connectivity index (χ1v) is 12.1. The third-order valence-corrected chi connectivity index (χ3v) is 7.16. The summed E-state index contributed by atoms with van der Waals surface area (Å²) in [6.07, 6.45) is 1.61. The maximum absolute atomic E-state index is 13.8. The highest BCUT2D eigenvalue weighted by Gasteiger charge is 2.44. The summed E-state index contributed by atoms with van der Waals surface area (Å²) in [5.41, 5.74) is 7.18. The summed E-state index contributed by atoms with van der Waals surface area (Å²) in [6.45, 7) is 1.61. The maximum Gasteiger partial charge on any atom is 0.393 e. The first-order chi connectivity index (χ1) is 16.6. The number of pyridine rings is 1. The molecule has 0 spiro atoms. The van der Waals surface area contributed by atoms with E-state index >= 15 is 0 Å². The molecule has 1 saturated carbocycles. The van der Waals surface area contributed by atoms with Crippen molar-refractivity contribution in [2.45, 2.75) is 70.6 Å². The van der Waals surface area contributed by atoms with Crippen LogP contribution >= 0.6 is 0 Å². The zero-order chi connectivity index (χ0) is 25.2. The molecule has 3 heterocycles. The van der Waals surface area contributed by atoms with E-state index < -0.39 is 36.2 Å². The molecule has 190 valence electrons. The summed E-state index contributed by atoms with van der Waals surface area (Å²) in [6, 6.07) is 2.68. The number of anilines is 2. The molecule has 4 N–H and O–H groups in total. The van der Waals surface area contributed by atoms with Crippen molar-refractivity contribution in [2.75, 3.05) is 17.6 Å². The maximum atomic E-state index is 13.8. The molecular weight excluding hydrogens is 461 g/mol. The van der Waals surface area contributed by atoms with Crippen LogP contribution in [0.1, 0.15) is 61.5 Å². The average molecular weight is 493 g/mol. The summed E-state index contributed by atoms with van der Waals surface area (Å²) in [5, 5.41) is 5.49. The molecule has 2 aromatic rings. The molecule has 1 aliphatic carbocycles.